The normalized spacial score (nSPS) is 22.6. The average molecular weight is 368 g/mol. The molecule has 0 bridgehead atoms. The highest BCUT2D eigenvalue weighted by Gasteiger charge is 2.29. The first-order valence-corrected chi connectivity index (χ1v) is 9.68. The first-order chi connectivity index (χ1) is 13.2. The number of nitrogens with one attached hydrogen (secondary N) is 1. The molecule has 2 aliphatic heterocycles. The minimum atomic E-state index is -0.211. The number of hydrogen-bond acceptors (Lipinski definition) is 3. The zero-order chi connectivity index (χ0) is 18.6. The van der Waals surface area contributed by atoms with Crippen LogP contribution in [0.5, 0.6) is 5.75 Å². The van der Waals surface area contributed by atoms with Gasteiger partial charge in [0.2, 0.25) is 5.91 Å². The lowest BCUT2D eigenvalue weighted by Crippen LogP contribution is -2.44. The van der Waals surface area contributed by atoms with Crippen molar-refractivity contribution in [2.24, 2.45) is 5.92 Å². The standard InChI is InChI=1S/C22H25FN2O2/c23-18-7-3-5-16(13-18)14-25-11-4-6-17(15-25)22(26)24-20-10-12-27-21-9-2-1-8-19(20)21/h1-3,5,7-9,13,17,20H,4,6,10-12,14-15H2,(H,24,26)/t17-,20-/m1/s1. The largest absolute Gasteiger partial charge is 0.493 e. The van der Waals surface area contributed by atoms with Crippen LogP contribution in [0.15, 0.2) is 48.5 Å². The van der Waals surface area contributed by atoms with E-state index in [1.165, 1.54) is 6.07 Å². The van der Waals surface area contributed by atoms with Crippen LogP contribution in [0, 0.1) is 11.7 Å². The Balaban J connectivity index is 1.38. The number of hydrogen-bond donors (Lipinski definition) is 1. The molecule has 142 valence electrons. The summed E-state index contributed by atoms with van der Waals surface area (Å²) in [5.41, 5.74) is 2.01. The quantitative estimate of drug-likeness (QED) is 0.895. The number of ether oxygens (including phenoxy) is 1. The van der Waals surface area contributed by atoms with Crippen molar-refractivity contribution < 1.29 is 13.9 Å². The fourth-order valence-corrected chi connectivity index (χ4v) is 4.09. The van der Waals surface area contributed by atoms with Gasteiger partial charge in [0.05, 0.1) is 18.6 Å². The van der Waals surface area contributed by atoms with E-state index < -0.39 is 0 Å². The molecule has 0 saturated carbocycles. The van der Waals surface area contributed by atoms with Crippen LogP contribution in [0.4, 0.5) is 4.39 Å². The van der Waals surface area contributed by atoms with Crippen LogP contribution in [0.3, 0.4) is 0 Å². The number of fused-ring (bicyclic) bond motifs is 1. The SMILES string of the molecule is O=C(N[C@@H]1CCOc2ccccc21)[C@@H]1CCCN(Cc2cccc(F)c2)C1. The van der Waals surface area contributed by atoms with Crippen LogP contribution in [-0.4, -0.2) is 30.5 Å². The predicted octanol–water partition coefficient (Wildman–Crippen LogP) is 3.68. The molecule has 0 radical (unpaired) electrons. The minimum Gasteiger partial charge on any atom is -0.493 e. The summed E-state index contributed by atoms with van der Waals surface area (Å²) in [5, 5.41) is 3.23. The van der Waals surface area contributed by atoms with Crippen LogP contribution in [0.2, 0.25) is 0 Å². The number of benzene rings is 2. The van der Waals surface area contributed by atoms with Gasteiger partial charge >= 0.3 is 0 Å². The maximum Gasteiger partial charge on any atom is 0.224 e. The molecule has 1 N–H and O–H groups in total. The Morgan fingerprint density at radius 3 is 2.96 bits per heavy atom. The number of piperidine rings is 1. The van der Waals surface area contributed by atoms with E-state index in [1.807, 2.05) is 30.3 Å². The molecule has 2 aromatic rings. The number of nitrogens with zero attached hydrogens (tertiary/aromatic N) is 1. The third-order valence-corrected chi connectivity index (χ3v) is 5.45. The van der Waals surface area contributed by atoms with Crippen molar-refractivity contribution in [3.05, 3.63) is 65.5 Å². The van der Waals surface area contributed by atoms with Crippen LogP contribution in [-0.2, 0) is 11.3 Å². The molecule has 27 heavy (non-hydrogen) atoms. The fraction of sp³-hybridized carbons (Fsp3) is 0.409. The molecule has 2 atom stereocenters. The van der Waals surface area contributed by atoms with Gasteiger partial charge in [0.25, 0.3) is 0 Å². The highest BCUT2D eigenvalue weighted by molar-refractivity contribution is 5.79. The summed E-state index contributed by atoms with van der Waals surface area (Å²) in [7, 11) is 0. The Hall–Kier alpha value is -2.40. The monoisotopic (exact) mass is 368 g/mol. The maximum atomic E-state index is 13.4. The lowest BCUT2D eigenvalue weighted by Gasteiger charge is -2.34. The van der Waals surface area contributed by atoms with Crippen molar-refractivity contribution >= 4 is 5.91 Å². The van der Waals surface area contributed by atoms with Crippen LogP contribution >= 0.6 is 0 Å². The molecule has 0 aromatic heterocycles. The van der Waals surface area contributed by atoms with E-state index >= 15 is 0 Å². The van der Waals surface area contributed by atoms with Crippen LogP contribution in [0.25, 0.3) is 0 Å². The second-order valence-electron chi connectivity index (χ2n) is 7.44. The van der Waals surface area contributed by atoms with Crippen molar-refractivity contribution in [1.29, 1.82) is 0 Å². The first kappa shape index (κ1) is 18.0. The number of carbonyl (C=O) groups is 1. The second-order valence-corrected chi connectivity index (χ2v) is 7.44. The molecule has 0 unspecified atom stereocenters. The molecule has 0 spiro atoms. The Bertz CT molecular complexity index is 810. The average Bonchev–Trinajstić information content (AvgIpc) is 2.68. The number of carbonyl (C=O) groups excluding carboxylic acids is 1. The van der Waals surface area contributed by atoms with Gasteiger partial charge in [0, 0.05) is 25.1 Å². The Labute approximate surface area is 159 Å². The van der Waals surface area contributed by atoms with Crippen LogP contribution < -0.4 is 10.1 Å². The van der Waals surface area contributed by atoms with Gasteiger partial charge < -0.3 is 10.1 Å². The van der Waals surface area contributed by atoms with Gasteiger partial charge in [0.15, 0.2) is 0 Å². The maximum absolute atomic E-state index is 13.4. The summed E-state index contributed by atoms with van der Waals surface area (Å²) in [6, 6.07) is 14.6. The summed E-state index contributed by atoms with van der Waals surface area (Å²) < 4.78 is 19.1. The first-order valence-electron chi connectivity index (χ1n) is 9.68. The van der Waals surface area contributed by atoms with Gasteiger partial charge in [-0.2, -0.15) is 0 Å². The minimum absolute atomic E-state index is 0.0149. The van der Waals surface area contributed by atoms with Gasteiger partial charge in [-0.05, 0) is 43.1 Å². The number of halogens is 1. The number of amides is 1. The smallest absolute Gasteiger partial charge is 0.224 e. The lowest BCUT2D eigenvalue weighted by atomic mass is 9.94. The van der Waals surface area contributed by atoms with Crippen molar-refractivity contribution in [1.82, 2.24) is 10.2 Å². The molecular weight excluding hydrogens is 343 g/mol. The molecule has 4 rings (SSSR count). The number of para-hydroxylation sites is 1. The van der Waals surface area contributed by atoms with Crippen LogP contribution in [0.1, 0.15) is 36.4 Å². The molecule has 2 aliphatic rings. The van der Waals surface area contributed by atoms with E-state index in [0.29, 0.717) is 19.7 Å². The molecule has 2 aromatic carbocycles. The Kier molecular flexibility index (Phi) is 5.39. The predicted molar refractivity (Wildman–Crippen MR) is 102 cm³/mol. The zero-order valence-electron chi connectivity index (χ0n) is 15.4. The van der Waals surface area contributed by atoms with Crippen molar-refractivity contribution in [2.45, 2.75) is 31.8 Å². The van der Waals surface area contributed by atoms with E-state index in [9.17, 15) is 9.18 Å². The lowest BCUT2D eigenvalue weighted by molar-refractivity contribution is -0.127. The summed E-state index contributed by atoms with van der Waals surface area (Å²) >= 11 is 0. The number of likely N-dealkylation sites (tertiary alicyclic amines) is 1. The zero-order valence-corrected chi connectivity index (χ0v) is 15.4. The highest BCUT2D eigenvalue weighted by Crippen LogP contribution is 2.32. The Morgan fingerprint density at radius 1 is 1.19 bits per heavy atom. The Morgan fingerprint density at radius 2 is 2.07 bits per heavy atom. The molecule has 1 amide bonds. The third-order valence-electron chi connectivity index (χ3n) is 5.45. The summed E-state index contributed by atoms with van der Waals surface area (Å²) in [5.74, 6) is 0.741. The van der Waals surface area contributed by atoms with Gasteiger partial charge in [0.1, 0.15) is 11.6 Å². The van der Waals surface area contributed by atoms with Gasteiger partial charge in [-0.3, -0.25) is 9.69 Å². The molecule has 1 saturated heterocycles. The molecule has 2 heterocycles. The molecular formula is C22H25FN2O2. The van der Waals surface area contributed by atoms with Crippen molar-refractivity contribution in [2.75, 3.05) is 19.7 Å². The van der Waals surface area contributed by atoms with Gasteiger partial charge in [-0.25, -0.2) is 4.39 Å². The van der Waals surface area contributed by atoms with E-state index in [4.69, 9.17) is 4.74 Å². The van der Waals surface area contributed by atoms with Crippen molar-refractivity contribution in [3.63, 3.8) is 0 Å². The number of rotatable bonds is 4. The second kappa shape index (κ2) is 8.09. The van der Waals surface area contributed by atoms with E-state index in [-0.39, 0.29) is 23.7 Å². The highest BCUT2D eigenvalue weighted by atomic mass is 19.1. The van der Waals surface area contributed by atoms with E-state index in [1.54, 1.807) is 12.1 Å². The third kappa shape index (κ3) is 4.30. The summed E-state index contributed by atoms with van der Waals surface area (Å²) in [6.45, 7) is 2.97. The molecule has 0 aliphatic carbocycles. The van der Waals surface area contributed by atoms with Crippen molar-refractivity contribution in [3.8, 4) is 5.75 Å². The van der Waals surface area contributed by atoms with E-state index in [2.05, 4.69) is 10.2 Å². The van der Waals surface area contributed by atoms with Gasteiger partial charge in [-0.1, -0.05) is 30.3 Å². The molecule has 5 heteroatoms. The topological polar surface area (TPSA) is 41.6 Å². The molecule has 1 fully saturated rings. The summed E-state index contributed by atoms with van der Waals surface area (Å²) in [6.07, 6.45) is 2.68. The fourth-order valence-electron chi connectivity index (χ4n) is 4.09. The van der Waals surface area contributed by atoms with E-state index in [0.717, 1.165) is 42.7 Å². The molecule has 4 nitrogen and oxygen atoms in total. The van der Waals surface area contributed by atoms with Gasteiger partial charge in [-0.15, -0.1) is 0 Å². The summed E-state index contributed by atoms with van der Waals surface area (Å²) in [4.78, 5) is 15.1.